The summed E-state index contributed by atoms with van der Waals surface area (Å²) in [5, 5.41) is 3.85. The molecule has 2 aromatic carbocycles. The zero-order valence-corrected chi connectivity index (χ0v) is 18.5. The number of nitrogens with zero attached hydrogens (tertiary/aromatic N) is 5. The predicted molar refractivity (Wildman–Crippen MR) is 124 cm³/mol. The number of hydrogen-bond acceptors (Lipinski definition) is 5. The van der Waals surface area contributed by atoms with Gasteiger partial charge in [0.05, 0.1) is 23.1 Å². The number of piperazine rings is 1. The molecule has 0 bridgehead atoms. The Morgan fingerprint density at radius 3 is 2.61 bits per heavy atom. The highest BCUT2D eigenvalue weighted by atomic mass is 35.5. The van der Waals surface area contributed by atoms with Crippen LogP contribution in [0, 0.1) is 0 Å². The third-order valence-corrected chi connectivity index (χ3v) is 6.78. The summed E-state index contributed by atoms with van der Waals surface area (Å²) in [6, 6.07) is 15.7. The van der Waals surface area contributed by atoms with Crippen molar-refractivity contribution >= 4 is 39.9 Å². The highest BCUT2D eigenvalue weighted by Crippen LogP contribution is 2.25. The van der Waals surface area contributed by atoms with Crippen molar-refractivity contribution < 1.29 is 4.79 Å². The number of fused-ring (bicyclic) bond motifs is 1. The van der Waals surface area contributed by atoms with E-state index in [-0.39, 0.29) is 5.91 Å². The number of aromatic nitrogens is 3. The van der Waals surface area contributed by atoms with Crippen LogP contribution in [0.3, 0.4) is 0 Å². The van der Waals surface area contributed by atoms with Gasteiger partial charge >= 0.3 is 0 Å². The lowest BCUT2D eigenvalue weighted by Gasteiger charge is -2.34. The van der Waals surface area contributed by atoms with Gasteiger partial charge in [-0.25, -0.2) is 9.97 Å². The monoisotopic (exact) mass is 451 g/mol. The lowest BCUT2D eigenvalue weighted by molar-refractivity contribution is -0.133. The van der Waals surface area contributed by atoms with E-state index in [4.69, 9.17) is 16.6 Å². The minimum Gasteiger partial charge on any atom is -0.339 e. The Morgan fingerprint density at radius 2 is 1.81 bits per heavy atom. The summed E-state index contributed by atoms with van der Waals surface area (Å²) in [6.07, 6.45) is 1.75. The SMILES string of the molecule is O=C(Cn1cnc2ccccc21)N1CCN(Cc2csc(-c3ccc(Cl)cc3)n2)CC1. The maximum atomic E-state index is 12.8. The Hall–Kier alpha value is -2.74. The van der Waals surface area contributed by atoms with Crippen molar-refractivity contribution in [3.63, 3.8) is 0 Å². The second-order valence-electron chi connectivity index (χ2n) is 7.67. The maximum absolute atomic E-state index is 12.8. The van der Waals surface area contributed by atoms with E-state index in [1.807, 2.05) is 58.0 Å². The van der Waals surface area contributed by atoms with E-state index in [0.717, 1.165) is 65.0 Å². The molecule has 5 rings (SSSR count). The molecule has 0 spiro atoms. The molecule has 1 aliphatic rings. The third kappa shape index (κ3) is 4.49. The first-order valence-electron chi connectivity index (χ1n) is 10.3. The number of carbonyl (C=O) groups excluding carboxylic acids is 1. The number of hydrogen-bond donors (Lipinski definition) is 0. The van der Waals surface area contributed by atoms with Gasteiger partial charge in [0, 0.05) is 48.7 Å². The number of halogens is 1. The van der Waals surface area contributed by atoms with Crippen LogP contribution in [0.5, 0.6) is 0 Å². The Morgan fingerprint density at radius 1 is 1.03 bits per heavy atom. The van der Waals surface area contributed by atoms with E-state index in [1.54, 1.807) is 17.7 Å². The van der Waals surface area contributed by atoms with Gasteiger partial charge in [-0.1, -0.05) is 35.9 Å². The molecule has 0 radical (unpaired) electrons. The van der Waals surface area contributed by atoms with Crippen molar-refractivity contribution in [2.24, 2.45) is 0 Å². The van der Waals surface area contributed by atoms with Crippen molar-refractivity contribution in [2.45, 2.75) is 13.1 Å². The van der Waals surface area contributed by atoms with E-state index in [9.17, 15) is 4.79 Å². The van der Waals surface area contributed by atoms with Crippen molar-refractivity contribution in [3.05, 3.63) is 71.0 Å². The summed E-state index contributed by atoms with van der Waals surface area (Å²) in [4.78, 5) is 26.3. The summed E-state index contributed by atoms with van der Waals surface area (Å²) < 4.78 is 1.93. The smallest absolute Gasteiger partial charge is 0.242 e. The summed E-state index contributed by atoms with van der Waals surface area (Å²) in [5.41, 5.74) is 4.07. The van der Waals surface area contributed by atoms with Crippen LogP contribution in [0.15, 0.2) is 60.2 Å². The molecular weight excluding hydrogens is 430 g/mol. The second-order valence-corrected chi connectivity index (χ2v) is 8.96. The molecule has 2 aromatic heterocycles. The van der Waals surface area contributed by atoms with E-state index in [2.05, 4.69) is 15.3 Å². The summed E-state index contributed by atoms with van der Waals surface area (Å²) >= 11 is 7.63. The Balaban J connectivity index is 1.15. The predicted octanol–water partition coefficient (Wildman–Crippen LogP) is 4.16. The number of carbonyl (C=O) groups is 1. The topological polar surface area (TPSA) is 54.3 Å². The van der Waals surface area contributed by atoms with E-state index in [1.165, 1.54) is 0 Å². The highest BCUT2D eigenvalue weighted by molar-refractivity contribution is 7.13. The van der Waals surface area contributed by atoms with Gasteiger partial charge < -0.3 is 9.47 Å². The highest BCUT2D eigenvalue weighted by Gasteiger charge is 2.22. The van der Waals surface area contributed by atoms with E-state index in [0.29, 0.717) is 6.54 Å². The minimum absolute atomic E-state index is 0.140. The van der Waals surface area contributed by atoms with E-state index >= 15 is 0 Å². The molecule has 0 atom stereocenters. The first-order chi connectivity index (χ1) is 15.2. The number of para-hydroxylation sites is 2. The van der Waals surface area contributed by atoms with Crippen LogP contribution in [0.2, 0.25) is 5.02 Å². The fourth-order valence-electron chi connectivity index (χ4n) is 3.87. The van der Waals surface area contributed by atoms with E-state index < -0.39 is 0 Å². The fourth-order valence-corrected chi connectivity index (χ4v) is 4.81. The molecule has 6 nitrogen and oxygen atoms in total. The van der Waals surface area contributed by atoms with Crippen LogP contribution in [0.4, 0.5) is 0 Å². The second kappa shape index (κ2) is 8.78. The molecular formula is C23H22ClN5OS. The quantitative estimate of drug-likeness (QED) is 0.457. The minimum atomic E-state index is 0.140. The summed E-state index contributed by atoms with van der Waals surface area (Å²) in [7, 11) is 0. The van der Waals surface area contributed by atoms with Crippen molar-refractivity contribution in [1.82, 2.24) is 24.3 Å². The molecule has 0 unspecified atom stereocenters. The van der Waals surface area contributed by atoms with Gasteiger partial charge in [0.2, 0.25) is 5.91 Å². The third-order valence-electron chi connectivity index (χ3n) is 5.59. The van der Waals surface area contributed by atoms with Gasteiger partial charge in [-0.2, -0.15) is 0 Å². The standard InChI is InChI=1S/C23H22ClN5OS/c24-18-7-5-17(6-8-18)23-26-19(15-31-23)13-27-9-11-28(12-10-27)22(30)14-29-16-25-20-3-1-2-4-21(20)29/h1-8,15-16H,9-14H2. The average Bonchev–Trinajstić information content (AvgIpc) is 3.42. The molecule has 8 heteroatoms. The number of thiazole rings is 1. The lowest BCUT2D eigenvalue weighted by atomic mass is 10.2. The molecule has 1 amide bonds. The average molecular weight is 452 g/mol. The molecule has 1 aliphatic heterocycles. The zero-order valence-electron chi connectivity index (χ0n) is 16.9. The number of rotatable bonds is 5. The first-order valence-corrected chi connectivity index (χ1v) is 11.5. The summed E-state index contributed by atoms with van der Waals surface area (Å²) in [6.45, 7) is 4.31. The van der Waals surface area contributed by atoms with Crippen molar-refractivity contribution in [1.29, 1.82) is 0 Å². The lowest BCUT2D eigenvalue weighted by Crippen LogP contribution is -2.49. The molecule has 3 heterocycles. The van der Waals surface area contributed by atoms with Crippen LogP contribution in [-0.2, 0) is 17.9 Å². The van der Waals surface area contributed by atoms with Crippen LogP contribution < -0.4 is 0 Å². The van der Waals surface area contributed by atoms with Gasteiger partial charge in [0.15, 0.2) is 0 Å². The van der Waals surface area contributed by atoms with Gasteiger partial charge in [-0.05, 0) is 24.3 Å². The normalized spacial score (nSPS) is 14.9. The largest absolute Gasteiger partial charge is 0.339 e. The molecule has 31 heavy (non-hydrogen) atoms. The van der Waals surface area contributed by atoms with Gasteiger partial charge in [0.1, 0.15) is 11.6 Å². The number of imidazole rings is 1. The molecule has 0 saturated carbocycles. The zero-order chi connectivity index (χ0) is 21.2. The van der Waals surface area contributed by atoms with Crippen LogP contribution >= 0.6 is 22.9 Å². The molecule has 1 saturated heterocycles. The maximum Gasteiger partial charge on any atom is 0.242 e. The Kier molecular flexibility index (Phi) is 5.72. The first kappa shape index (κ1) is 20.2. The summed E-state index contributed by atoms with van der Waals surface area (Å²) in [5.74, 6) is 0.140. The van der Waals surface area contributed by atoms with Crippen molar-refractivity contribution in [2.75, 3.05) is 26.2 Å². The van der Waals surface area contributed by atoms with Crippen LogP contribution in [-0.4, -0.2) is 56.4 Å². The Labute approximate surface area is 189 Å². The number of amides is 1. The molecule has 158 valence electrons. The number of benzene rings is 2. The van der Waals surface area contributed by atoms with Gasteiger partial charge in [-0.3, -0.25) is 9.69 Å². The fraction of sp³-hybridized carbons (Fsp3) is 0.261. The van der Waals surface area contributed by atoms with Crippen molar-refractivity contribution in [3.8, 4) is 10.6 Å². The van der Waals surface area contributed by atoms with Crippen LogP contribution in [0.25, 0.3) is 21.6 Å². The molecule has 4 aromatic rings. The van der Waals surface area contributed by atoms with Gasteiger partial charge in [-0.15, -0.1) is 11.3 Å². The van der Waals surface area contributed by atoms with Crippen LogP contribution in [0.1, 0.15) is 5.69 Å². The molecule has 1 fully saturated rings. The Bertz CT molecular complexity index is 1190. The molecule has 0 aliphatic carbocycles. The van der Waals surface area contributed by atoms with Gasteiger partial charge in [0.25, 0.3) is 0 Å². The molecule has 0 N–H and O–H groups in total.